The number of aliphatic hydroxyl groups excluding tert-OH is 2. The number of esters is 2. The van der Waals surface area contributed by atoms with Gasteiger partial charge in [0.25, 0.3) is 0 Å². The normalized spacial score (nSPS) is 14.8. The fourth-order valence-electron chi connectivity index (χ4n) is 3.23. The third-order valence-electron chi connectivity index (χ3n) is 5.40. The quantitative estimate of drug-likeness (QED) is 0.0612. The summed E-state index contributed by atoms with van der Waals surface area (Å²) in [4.78, 5) is 34.1. The van der Waals surface area contributed by atoms with Gasteiger partial charge in [-0.3, -0.25) is 18.6 Å². The molecule has 0 bridgehead atoms. The van der Waals surface area contributed by atoms with Gasteiger partial charge in [0.2, 0.25) is 0 Å². The Morgan fingerprint density at radius 3 is 2.05 bits per heavy atom. The lowest BCUT2D eigenvalue weighted by atomic mass is 10.1. The fourth-order valence-corrected chi connectivity index (χ4v) is 4.02. The van der Waals surface area contributed by atoms with Crippen LogP contribution in [-0.4, -0.2) is 65.7 Å². The lowest BCUT2D eigenvalue weighted by molar-refractivity contribution is -0.161. The summed E-state index contributed by atoms with van der Waals surface area (Å²) in [6, 6.07) is 0. The second-order valence-corrected chi connectivity index (χ2v) is 10.5. The van der Waals surface area contributed by atoms with E-state index in [0.717, 1.165) is 64.2 Å². The minimum atomic E-state index is -4.58. The molecular formula is C26H49O10P. The van der Waals surface area contributed by atoms with E-state index in [2.05, 4.69) is 30.5 Å². The van der Waals surface area contributed by atoms with Crippen LogP contribution in [0.1, 0.15) is 104 Å². The van der Waals surface area contributed by atoms with E-state index in [1.165, 1.54) is 0 Å². The van der Waals surface area contributed by atoms with E-state index < -0.39 is 51.8 Å². The number of unbranched alkanes of at least 4 members (excludes halogenated alkanes) is 9. The van der Waals surface area contributed by atoms with Gasteiger partial charge in [0.05, 0.1) is 19.8 Å². The Kier molecular flexibility index (Phi) is 23.0. The predicted octanol–water partition coefficient (Wildman–Crippen LogP) is 4.99. The van der Waals surface area contributed by atoms with Crippen molar-refractivity contribution < 1.29 is 47.8 Å². The summed E-state index contributed by atoms with van der Waals surface area (Å²) in [5.74, 6) is -0.962. The smallest absolute Gasteiger partial charge is 0.462 e. The molecule has 0 amide bonds. The van der Waals surface area contributed by atoms with Crippen molar-refractivity contribution in [2.24, 2.45) is 0 Å². The van der Waals surface area contributed by atoms with Crippen LogP contribution in [-0.2, 0) is 32.7 Å². The van der Waals surface area contributed by atoms with Crippen LogP contribution >= 0.6 is 7.82 Å². The lowest BCUT2D eigenvalue weighted by Crippen LogP contribution is -2.29. The maximum atomic E-state index is 12.3. The van der Waals surface area contributed by atoms with E-state index in [9.17, 15) is 24.2 Å². The SMILES string of the molecule is CCC/C=C\CCCCCCCC(=O)OC(COC(=O)CCCCCC)COP(=O)(O)OCC(O)CO. The molecule has 0 radical (unpaired) electrons. The van der Waals surface area contributed by atoms with Gasteiger partial charge in [-0.25, -0.2) is 4.57 Å². The van der Waals surface area contributed by atoms with E-state index in [4.69, 9.17) is 19.1 Å². The van der Waals surface area contributed by atoms with E-state index >= 15 is 0 Å². The van der Waals surface area contributed by atoms with Crippen molar-refractivity contribution in [3.63, 3.8) is 0 Å². The Morgan fingerprint density at radius 1 is 0.784 bits per heavy atom. The lowest BCUT2D eigenvalue weighted by Gasteiger charge is -2.20. The first-order valence-electron chi connectivity index (χ1n) is 13.6. The zero-order chi connectivity index (χ0) is 27.8. The standard InChI is InChI=1S/C26H49O10P/c1-3-5-7-9-10-11-12-13-14-16-18-26(30)36-24(21-33-25(29)17-15-8-6-4-2)22-35-37(31,32)34-20-23(28)19-27/h7,9,23-24,27-28H,3-6,8,10-22H2,1-2H3,(H,31,32)/b9-7-. The number of hydrogen-bond acceptors (Lipinski definition) is 9. The molecule has 0 fully saturated rings. The van der Waals surface area contributed by atoms with Gasteiger partial charge in [0.1, 0.15) is 12.7 Å². The Labute approximate surface area is 222 Å². The number of phosphoric acid groups is 1. The number of ether oxygens (including phenoxy) is 2. The molecule has 0 aliphatic rings. The molecule has 3 N–H and O–H groups in total. The molecule has 3 atom stereocenters. The molecular weight excluding hydrogens is 503 g/mol. The summed E-state index contributed by atoms with van der Waals surface area (Å²) in [6.45, 7) is 2.10. The number of phosphoric ester groups is 1. The van der Waals surface area contributed by atoms with Crippen LogP contribution < -0.4 is 0 Å². The minimum absolute atomic E-state index is 0.174. The third-order valence-corrected chi connectivity index (χ3v) is 6.35. The van der Waals surface area contributed by atoms with Gasteiger partial charge in [-0.15, -0.1) is 0 Å². The molecule has 0 heterocycles. The summed E-state index contributed by atoms with van der Waals surface area (Å²) in [6.07, 6.45) is 14.2. The molecule has 10 nitrogen and oxygen atoms in total. The van der Waals surface area contributed by atoms with Crippen LogP contribution in [0.4, 0.5) is 0 Å². The van der Waals surface area contributed by atoms with Crippen molar-refractivity contribution in [1.82, 2.24) is 0 Å². The molecule has 0 aromatic carbocycles. The molecule has 0 aliphatic heterocycles. The van der Waals surface area contributed by atoms with Gasteiger partial charge in [0, 0.05) is 12.8 Å². The highest BCUT2D eigenvalue weighted by atomic mass is 31.2. The van der Waals surface area contributed by atoms with Crippen LogP contribution in [0.15, 0.2) is 12.2 Å². The minimum Gasteiger partial charge on any atom is -0.462 e. The van der Waals surface area contributed by atoms with Crippen LogP contribution in [0.25, 0.3) is 0 Å². The number of carbonyl (C=O) groups excluding carboxylic acids is 2. The maximum absolute atomic E-state index is 12.3. The third kappa shape index (κ3) is 23.6. The molecule has 0 rings (SSSR count). The first-order valence-corrected chi connectivity index (χ1v) is 15.1. The monoisotopic (exact) mass is 552 g/mol. The number of rotatable bonds is 25. The maximum Gasteiger partial charge on any atom is 0.472 e. The number of hydrogen-bond donors (Lipinski definition) is 3. The average Bonchev–Trinajstić information content (AvgIpc) is 2.88. The molecule has 0 spiro atoms. The molecule has 11 heteroatoms. The highest BCUT2D eigenvalue weighted by Gasteiger charge is 2.27. The van der Waals surface area contributed by atoms with E-state index in [0.29, 0.717) is 12.8 Å². The van der Waals surface area contributed by atoms with E-state index in [1.807, 2.05) is 0 Å². The Morgan fingerprint density at radius 2 is 1.38 bits per heavy atom. The summed E-state index contributed by atoms with van der Waals surface area (Å²) in [5, 5.41) is 18.1. The van der Waals surface area contributed by atoms with Gasteiger partial charge >= 0.3 is 19.8 Å². The molecule has 218 valence electrons. The summed E-state index contributed by atoms with van der Waals surface area (Å²) in [7, 11) is -4.58. The van der Waals surface area contributed by atoms with Crippen LogP contribution in [0, 0.1) is 0 Å². The van der Waals surface area contributed by atoms with Crippen molar-refractivity contribution >= 4 is 19.8 Å². The molecule has 0 aromatic rings. The molecule has 37 heavy (non-hydrogen) atoms. The number of aliphatic hydroxyl groups is 2. The van der Waals surface area contributed by atoms with Crippen molar-refractivity contribution in [3.8, 4) is 0 Å². The number of allylic oxidation sites excluding steroid dienone is 2. The van der Waals surface area contributed by atoms with Crippen molar-refractivity contribution in [1.29, 1.82) is 0 Å². The van der Waals surface area contributed by atoms with Crippen molar-refractivity contribution in [2.75, 3.05) is 26.4 Å². The second kappa shape index (κ2) is 23.8. The van der Waals surface area contributed by atoms with Crippen LogP contribution in [0.2, 0.25) is 0 Å². The largest absolute Gasteiger partial charge is 0.472 e. The Bertz CT molecular complexity index is 655. The summed E-state index contributed by atoms with van der Waals surface area (Å²) < 4.78 is 32.0. The van der Waals surface area contributed by atoms with Crippen LogP contribution in [0.3, 0.4) is 0 Å². The van der Waals surface area contributed by atoms with Crippen molar-refractivity contribution in [3.05, 3.63) is 12.2 Å². The molecule has 0 saturated carbocycles. The highest BCUT2D eigenvalue weighted by molar-refractivity contribution is 7.47. The molecule has 0 saturated heterocycles. The zero-order valence-electron chi connectivity index (χ0n) is 22.7. The Balaban J connectivity index is 4.50. The van der Waals surface area contributed by atoms with Gasteiger partial charge in [-0.1, -0.05) is 70.9 Å². The zero-order valence-corrected chi connectivity index (χ0v) is 23.6. The van der Waals surface area contributed by atoms with Gasteiger partial charge in [0.15, 0.2) is 6.10 Å². The topological polar surface area (TPSA) is 149 Å². The summed E-state index contributed by atoms with van der Waals surface area (Å²) in [5.41, 5.74) is 0. The van der Waals surface area contributed by atoms with Crippen molar-refractivity contribution in [2.45, 2.75) is 116 Å². The number of carbonyl (C=O) groups is 2. The molecule has 3 unspecified atom stereocenters. The first-order chi connectivity index (χ1) is 17.7. The Hall–Kier alpha value is -1.29. The summed E-state index contributed by atoms with van der Waals surface area (Å²) >= 11 is 0. The first kappa shape index (κ1) is 35.7. The van der Waals surface area contributed by atoms with Crippen LogP contribution in [0.5, 0.6) is 0 Å². The second-order valence-electron chi connectivity index (χ2n) is 9.07. The average molecular weight is 553 g/mol. The highest BCUT2D eigenvalue weighted by Crippen LogP contribution is 2.43. The molecule has 0 aromatic heterocycles. The molecule has 0 aliphatic carbocycles. The van der Waals surface area contributed by atoms with Gasteiger partial charge in [-0.05, 0) is 32.1 Å². The van der Waals surface area contributed by atoms with Gasteiger partial charge < -0.3 is 24.6 Å². The van der Waals surface area contributed by atoms with Gasteiger partial charge in [-0.2, -0.15) is 0 Å². The van der Waals surface area contributed by atoms with E-state index in [-0.39, 0.29) is 19.4 Å². The fraction of sp³-hybridized carbons (Fsp3) is 0.846. The van der Waals surface area contributed by atoms with E-state index in [1.54, 1.807) is 0 Å². The predicted molar refractivity (Wildman–Crippen MR) is 141 cm³/mol.